The van der Waals surface area contributed by atoms with Gasteiger partial charge in [-0.2, -0.15) is 0 Å². The summed E-state index contributed by atoms with van der Waals surface area (Å²) in [7, 11) is 0. The van der Waals surface area contributed by atoms with Crippen LogP contribution in [0.4, 0.5) is 5.13 Å². The highest BCUT2D eigenvalue weighted by molar-refractivity contribution is 7.15. The lowest BCUT2D eigenvalue weighted by atomic mass is 10.1. The Morgan fingerprint density at radius 2 is 2.13 bits per heavy atom. The van der Waals surface area contributed by atoms with Gasteiger partial charge in [-0.15, -0.1) is 10.2 Å². The third-order valence-corrected chi connectivity index (χ3v) is 4.16. The Morgan fingerprint density at radius 1 is 1.30 bits per heavy atom. The van der Waals surface area contributed by atoms with Crippen molar-refractivity contribution in [1.82, 2.24) is 10.2 Å². The van der Waals surface area contributed by atoms with E-state index in [-0.39, 0.29) is 11.2 Å². The SMILES string of the molecule is CCCc1nnc(NC(=O)c2cc(=O)c3ccc(C)cc3o2)s1. The second kappa shape index (κ2) is 6.29. The second-order valence-corrected chi connectivity index (χ2v) is 6.24. The molecular weight excluding hydrogens is 314 g/mol. The van der Waals surface area contributed by atoms with E-state index in [1.54, 1.807) is 12.1 Å². The molecule has 23 heavy (non-hydrogen) atoms. The van der Waals surface area contributed by atoms with Crippen molar-refractivity contribution in [1.29, 1.82) is 0 Å². The zero-order valence-electron chi connectivity index (χ0n) is 12.8. The van der Waals surface area contributed by atoms with Crippen molar-refractivity contribution in [2.24, 2.45) is 0 Å². The standard InChI is InChI=1S/C16H15N3O3S/c1-3-4-14-18-19-16(23-14)17-15(21)13-8-11(20)10-6-5-9(2)7-12(10)22-13/h5-8H,3-4H2,1-2H3,(H,17,19,21). The van der Waals surface area contributed by atoms with E-state index in [2.05, 4.69) is 15.5 Å². The molecule has 3 rings (SSSR count). The van der Waals surface area contributed by atoms with Crippen LogP contribution in [0.25, 0.3) is 11.0 Å². The number of nitrogens with zero attached hydrogens (tertiary/aromatic N) is 2. The van der Waals surface area contributed by atoms with E-state index in [1.807, 2.05) is 19.9 Å². The third-order valence-electron chi connectivity index (χ3n) is 3.26. The summed E-state index contributed by atoms with van der Waals surface area (Å²) in [5, 5.41) is 12.2. The van der Waals surface area contributed by atoms with Gasteiger partial charge in [0.15, 0.2) is 11.2 Å². The first-order chi connectivity index (χ1) is 11.1. The highest BCUT2D eigenvalue weighted by Gasteiger charge is 2.15. The van der Waals surface area contributed by atoms with Crippen LogP contribution < -0.4 is 10.7 Å². The number of carbonyl (C=O) groups is 1. The number of hydrogen-bond donors (Lipinski definition) is 1. The predicted octanol–water partition coefficient (Wildman–Crippen LogP) is 3.16. The molecule has 3 aromatic rings. The smallest absolute Gasteiger partial charge is 0.293 e. The van der Waals surface area contributed by atoms with Gasteiger partial charge in [-0.05, 0) is 31.0 Å². The number of nitrogens with one attached hydrogen (secondary N) is 1. The van der Waals surface area contributed by atoms with Gasteiger partial charge in [0.2, 0.25) is 5.13 Å². The molecule has 0 radical (unpaired) electrons. The van der Waals surface area contributed by atoms with Crippen molar-refractivity contribution in [2.75, 3.05) is 5.32 Å². The number of hydrogen-bond acceptors (Lipinski definition) is 6. The van der Waals surface area contributed by atoms with Gasteiger partial charge >= 0.3 is 0 Å². The molecule has 2 heterocycles. The maximum atomic E-state index is 12.3. The van der Waals surface area contributed by atoms with Crippen molar-refractivity contribution in [3.63, 3.8) is 0 Å². The Morgan fingerprint density at radius 3 is 2.91 bits per heavy atom. The molecule has 0 aliphatic rings. The summed E-state index contributed by atoms with van der Waals surface area (Å²) in [5.41, 5.74) is 1.10. The van der Waals surface area contributed by atoms with Gasteiger partial charge in [0.25, 0.3) is 5.91 Å². The maximum absolute atomic E-state index is 12.3. The summed E-state index contributed by atoms with van der Waals surface area (Å²) in [6.07, 6.45) is 1.78. The van der Waals surface area contributed by atoms with Crippen molar-refractivity contribution < 1.29 is 9.21 Å². The van der Waals surface area contributed by atoms with E-state index in [1.165, 1.54) is 17.4 Å². The van der Waals surface area contributed by atoms with Crippen molar-refractivity contribution >= 4 is 33.3 Å². The number of fused-ring (bicyclic) bond motifs is 1. The van der Waals surface area contributed by atoms with Gasteiger partial charge < -0.3 is 4.42 Å². The Hall–Kier alpha value is -2.54. The van der Waals surface area contributed by atoms with Gasteiger partial charge in [0, 0.05) is 12.5 Å². The van der Waals surface area contributed by atoms with Crippen LogP contribution in [0, 0.1) is 6.92 Å². The lowest BCUT2D eigenvalue weighted by Crippen LogP contribution is -2.14. The molecule has 1 N–H and O–H groups in total. The second-order valence-electron chi connectivity index (χ2n) is 5.18. The van der Waals surface area contributed by atoms with Gasteiger partial charge in [-0.25, -0.2) is 0 Å². The third kappa shape index (κ3) is 3.29. The molecule has 1 aromatic carbocycles. The lowest BCUT2D eigenvalue weighted by molar-refractivity contribution is 0.0997. The summed E-state index contributed by atoms with van der Waals surface area (Å²) in [6.45, 7) is 3.94. The molecule has 1 amide bonds. The largest absolute Gasteiger partial charge is 0.451 e. The molecule has 7 heteroatoms. The molecule has 0 atom stereocenters. The summed E-state index contributed by atoms with van der Waals surface area (Å²) in [5.74, 6) is -0.551. The first-order valence-electron chi connectivity index (χ1n) is 7.25. The fraction of sp³-hybridized carbons (Fsp3) is 0.250. The monoisotopic (exact) mass is 329 g/mol. The van der Waals surface area contributed by atoms with Crippen LogP contribution >= 0.6 is 11.3 Å². The van der Waals surface area contributed by atoms with E-state index in [0.717, 1.165) is 23.4 Å². The maximum Gasteiger partial charge on any atom is 0.293 e. The Bertz CT molecular complexity index is 930. The Labute approximate surface area is 136 Å². The van der Waals surface area contributed by atoms with Crippen molar-refractivity contribution in [3.05, 3.63) is 50.8 Å². The van der Waals surface area contributed by atoms with E-state index >= 15 is 0 Å². The number of amides is 1. The van der Waals surface area contributed by atoms with E-state index in [4.69, 9.17) is 4.42 Å². The highest BCUT2D eigenvalue weighted by atomic mass is 32.1. The van der Waals surface area contributed by atoms with Crippen LogP contribution in [0.3, 0.4) is 0 Å². The molecule has 0 saturated carbocycles. The topological polar surface area (TPSA) is 85.1 Å². The number of aryl methyl sites for hydroxylation is 2. The Kier molecular flexibility index (Phi) is 4.20. The first-order valence-corrected chi connectivity index (χ1v) is 8.06. The average molecular weight is 329 g/mol. The molecule has 0 aliphatic heterocycles. The molecule has 0 fully saturated rings. The predicted molar refractivity (Wildman–Crippen MR) is 89.1 cm³/mol. The molecule has 0 spiro atoms. The Balaban J connectivity index is 1.89. The number of rotatable bonds is 4. The lowest BCUT2D eigenvalue weighted by Gasteiger charge is -2.03. The van der Waals surface area contributed by atoms with Crippen LogP contribution in [-0.4, -0.2) is 16.1 Å². The summed E-state index contributed by atoms with van der Waals surface area (Å²) >= 11 is 1.32. The minimum atomic E-state index is -0.510. The average Bonchev–Trinajstić information content (AvgIpc) is 2.94. The van der Waals surface area contributed by atoms with E-state index in [9.17, 15) is 9.59 Å². The van der Waals surface area contributed by atoms with Crippen molar-refractivity contribution in [2.45, 2.75) is 26.7 Å². The minimum absolute atomic E-state index is 0.0414. The van der Waals surface area contributed by atoms with Crippen LogP contribution in [0.15, 0.2) is 33.5 Å². The zero-order valence-corrected chi connectivity index (χ0v) is 13.6. The van der Waals surface area contributed by atoms with Crippen LogP contribution in [0.2, 0.25) is 0 Å². The van der Waals surface area contributed by atoms with Gasteiger partial charge in [-0.1, -0.05) is 24.3 Å². The van der Waals surface area contributed by atoms with Gasteiger partial charge in [0.05, 0.1) is 5.39 Å². The van der Waals surface area contributed by atoms with E-state index in [0.29, 0.717) is 16.1 Å². The van der Waals surface area contributed by atoms with Crippen LogP contribution in [-0.2, 0) is 6.42 Å². The number of aromatic nitrogens is 2. The summed E-state index contributed by atoms with van der Waals surface area (Å²) in [4.78, 5) is 24.3. The quantitative estimate of drug-likeness (QED) is 0.794. The fourth-order valence-corrected chi connectivity index (χ4v) is 2.99. The molecule has 0 aliphatic carbocycles. The summed E-state index contributed by atoms with van der Waals surface area (Å²) in [6, 6.07) is 6.45. The molecule has 2 aromatic heterocycles. The van der Waals surface area contributed by atoms with Gasteiger partial charge in [-0.3, -0.25) is 14.9 Å². The zero-order chi connectivity index (χ0) is 16.4. The van der Waals surface area contributed by atoms with E-state index < -0.39 is 5.91 Å². The number of anilines is 1. The van der Waals surface area contributed by atoms with Crippen LogP contribution in [0.5, 0.6) is 0 Å². The molecule has 0 unspecified atom stereocenters. The normalized spacial score (nSPS) is 10.9. The fourth-order valence-electron chi connectivity index (χ4n) is 2.15. The molecule has 0 bridgehead atoms. The molecule has 0 saturated heterocycles. The number of benzene rings is 1. The molecular formula is C16H15N3O3S. The highest BCUT2D eigenvalue weighted by Crippen LogP contribution is 2.19. The van der Waals surface area contributed by atoms with Crippen molar-refractivity contribution in [3.8, 4) is 0 Å². The molecule has 118 valence electrons. The molecule has 6 nitrogen and oxygen atoms in total. The summed E-state index contributed by atoms with van der Waals surface area (Å²) < 4.78 is 5.56. The minimum Gasteiger partial charge on any atom is -0.451 e. The number of carbonyl (C=O) groups excluding carboxylic acids is 1. The first kappa shape index (κ1) is 15.4. The van der Waals surface area contributed by atoms with Gasteiger partial charge in [0.1, 0.15) is 10.6 Å². The van der Waals surface area contributed by atoms with Crippen LogP contribution in [0.1, 0.15) is 34.5 Å².